The molecule has 200 valence electrons. The normalized spacial score (nSPS) is 15.3. The van der Waals surface area contributed by atoms with Gasteiger partial charge < -0.3 is 9.84 Å². The average Bonchev–Trinajstić information content (AvgIpc) is 3.69. The Bertz CT molecular complexity index is 1500. The van der Waals surface area contributed by atoms with Crippen molar-refractivity contribution in [2.45, 2.75) is 35.9 Å². The van der Waals surface area contributed by atoms with Gasteiger partial charge in [-0.1, -0.05) is 78.4 Å². The number of amides is 1. The molecule has 2 aromatic heterocycles. The number of Topliss-reactive ketones (excluding diaryl/α,β-unsaturated/α-hetero) is 1. The van der Waals surface area contributed by atoms with E-state index in [-0.39, 0.29) is 5.57 Å². The molecule has 0 saturated carbocycles. The summed E-state index contributed by atoms with van der Waals surface area (Å²) < 4.78 is 6.55. The second-order valence-electron chi connectivity index (χ2n) is 8.69. The van der Waals surface area contributed by atoms with E-state index < -0.39 is 23.5 Å². The number of nitrogens with zero attached hydrogens (tertiary/aromatic N) is 3. The van der Waals surface area contributed by atoms with Gasteiger partial charge in [0, 0.05) is 10.8 Å². The smallest absolute Gasteiger partial charge is 0.296 e. The van der Waals surface area contributed by atoms with E-state index in [2.05, 4.69) is 17.1 Å². The number of aliphatic hydroxyl groups is 1. The van der Waals surface area contributed by atoms with Crippen LogP contribution in [0.2, 0.25) is 5.02 Å². The molecule has 0 aliphatic carbocycles. The number of hydrogen-bond acceptors (Lipinski definition) is 9. The van der Waals surface area contributed by atoms with Crippen LogP contribution in [0, 0.1) is 0 Å². The minimum Gasteiger partial charge on any atom is -0.503 e. The Morgan fingerprint density at radius 3 is 2.72 bits per heavy atom. The highest BCUT2D eigenvalue weighted by atomic mass is 35.5. The molecule has 3 heterocycles. The van der Waals surface area contributed by atoms with E-state index >= 15 is 0 Å². The number of aliphatic hydroxyl groups excluding tert-OH is 1. The molecule has 0 saturated heterocycles. The van der Waals surface area contributed by atoms with Gasteiger partial charge in [-0.15, -0.1) is 21.5 Å². The minimum absolute atomic E-state index is 0.0127. The fourth-order valence-electron chi connectivity index (χ4n) is 4.08. The maximum atomic E-state index is 13.5. The fraction of sp³-hybridized carbons (Fsp3) is 0.214. The highest BCUT2D eigenvalue weighted by molar-refractivity contribution is 8.00. The standard InChI is InChI=1S/C28H24ClN3O4S3/c1-2-3-13-36-20-7-4-6-18(15-20)23-22(24(33)21-8-5-14-37-21)25(34)26(35)32(23)27-30-31-28(39-27)38-16-17-9-11-19(29)12-10-17/h4-12,14-15,23,34H,2-3,13,16H2,1H3. The molecule has 39 heavy (non-hydrogen) atoms. The summed E-state index contributed by atoms with van der Waals surface area (Å²) in [5.41, 5.74) is 1.71. The minimum atomic E-state index is -0.885. The van der Waals surface area contributed by atoms with E-state index in [0.29, 0.717) is 43.0 Å². The molecule has 1 atom stereocenters. The first-order valence-corrected chi connectivity index (χ1v) is 15.3. The molecular formula is C28H24ClN3O4S3. The molecule has 1 aliphatic heterocycles. The Morgan fingerprint density at radius 1 is 1.15 bits per heavy atom. The summed E-state index contributed by atoms with van der Waals surface area (Å²) in [5, 5.41) is 22.3. The molecule has 0 spiro atoms. The first-order chi connectivity index (χ1) is 19.0. The van der Waals surface area contributed by atoms with Gasteiger partial charge in [0.25, 0.3) is 5.91 Å². The van der Waals surface area contributed by atoms with Crippen molar-refractivity contribution in [2.24, 2.45) is 0 Å². The monoisotopic (exact) mass is 597 g/mol. The third-order valence-corrected chi connectivity index (χ3v) is 9.26. The molecule has 1 N–H and O–H groups in total. The van der Waals surface area contributed by atoms with Crippen LogP contribution in [0.4, 0.5) is 5.13 Å². The molecule has 1 amide bonds. The summed E-state index contributed by atoms with van der Waals surface area (Å²) in [6.07, 6.45) is 1.90. The van der Waals surface area contributed by atoms with Crippen LogP contribution in [-0.2, 0) is 10.5 Å². The first kappa shape index (κ1) is 27.4. The number of unbranched alkanes of at least 4 members (excludes halogenated alkanes) is 1. The fourth-order valence-corrected chi connectivity index (χ4v) is 6.71. The molecule has 4 aromatic rings. The molecule has 0 fully saturated rings. The maximum Gasteiger partial charge on any atom is 0.296 e. The first-order valence-electron chi connectivity index (χ1n) is 12.2. The van der Waals surface area contributed by atoms with Crippen molar-refractivity contribution in [1.29, 1.82) is 0 Å². The second kappa shape index (κ2) is 12.3. The van der Waals surface area contributed by atoms with E-state index in [1.165, 1.54) is 39.3 Å². The lowest BCUT2D eigenvalue weighted by Crippen LogP contribution is -2.31. The van der Waals surface area contributed by atoms with Gasteiger partial charge in [-0.3, -0.25) is 14.5 Å². The number of benzene rings is 2. The molecule has 1 unspecified atom stereocenters. The quantitative estimate of drug-likeness (QED) is 0.0827. The van der Waals surface area contributed by atoms with Crippen molar-refractivity contribution in [1.82, 2.24) is 10.2 Å². The van der Waals surface area contributed by atoms with Gasteiger partial charge in [-0.25, -0.2) is 0 Å². The number of hydrogen-bond donors (Lipinski definition) is 1. The zero-order valence-corrected chi connectivity index (χ0v) is 24.1. The SMILES string of the molecule is CCCCOc1cccc(C2C(C(=O)c3cccs3)=C(O)C(=O)N2c2nnc(SCc3ccc(Cl)cc3)s2)c1. The van der Waals surface area contributed by atoms with Gasteiger partial charge >= 0.3 is 0 Å². The van der Waals surface area contributed by atoms with E-state index in [1.807, 2.05) is 42.5 Å². The van der Waals surface area contributed by atoms with Gasteiger partial charge in [0.05, 0.1) is 23.1 Å². The van der Waals surface area contributed by atoms with Crippen LogP contribution in [0.1, 0.15) is 46.6 Å². The number of halogens is 1. The predicted molar refractivity (Wildman–Crippen MR) is 156 cm³/mol. The van der Waals surface area contributed by atoms with Gasteiger partial charge in [0.2, 0.25) is 10.9 Å². The van der Waals surface area contributed by atoms with Crippen LogP contribution in [0.25, 0.3) is 0 Å². The number of carbonyl (C=O) groups is 2. The Hall–Kier alpha value is -3.18. The summed E-state index contributed by atoms with van der Waals surface area (Å²) >= 11 is 9.95. The Kier molecular flexibility index (Phi) is 8.66. The zero-order valence-electron chi connectivity index (χ0n) is 20.9. The summed E-state index contributed by atoms with van der Waals surface area (Å²) in [7, 11) is 0. The van der Waals surface area contributed by atoms with Crippen molar-refractivity contribution in [3.8, 4) is 5.75 Å². The van der Waals surface area contributed by atoms with E-state index in [9.17, 15) is 14.7 Å². The molecule has 0 bridgehead atoms. The number of ether oxygens (including phenoxy) is 1. The number of aromatic nitrogens is 2. The van der Waals surface area contributed by atoms with Crippen LogP contribution in [0.15, 0.2) is 81.7 Å². The lowest BCUT2D eigenvalue weighted by atomic mass is 9.95. The summed E-state index contributed by atoms with van der Waals surface area (Å²) in [4.78, 5) is 28.8. The van der Waals surface area contributed by atoms with Crippen LogP contribution >= 0.6 is 46.0 Å². The van der Waals surface area contributed by atoms with E-state index in [1.54, 1.807) is 23.6 Å². The van der Waals surface area contributed by atoms with Crippen molar-refractivity contribution in [3.63, 3.8) is 0 Å². The van der Waals surface area contributed by atoms with Crippen molar-refractivity contribution in [2.75, 3.05) is 11.5 Å². The average molecular weight is 598 g/mol. The molecule has 0 radical (unpaired) electrons. The van der Waals surface area contributed by atoms with Gasteiger partial charge in [0.1, 0.15) is 5.75 Å². The van der Waals surface area contributed by atoms with Gasteiger partial charge in [-0.2, -0.15) is 0 Å². The number of thioether (sulfide) groups is 1. The van der Waals surface area contributed by atoms with Crippen LogP contribution in [0.5, 0.6) is 5.75 Å². The van der Waals surface area contributed by atoms with Crippen molar-refractivity contribution in [3.05, 3.63) is 98.4 Å². The van der Waals surface area contributed by atoms with Crippen molar-refractivity contribution >= 4 is 62.9 Å². The van der Waals surface area contributed by atoms with Crippen LogP contribution in [0.3, 0.4) is 0 Å². The Morgan fingerprint density at radius 2 is 1.97 bits per heavy atom. The Balaban J connectivity index is 1.47. The molecule has 7 nitrogen and oxygen atoms in total. The number of rotatable bonds is 11. The largest absolute Gasteiger partial charge is 0.503 e. The number of thiophene rings is 1. The maximum absolute atomic E-state index is 13.5. The Labute approximate surface area is 243 Å². The van der Waals surface area contributed by atoms with E-state index in [4.69, 9.17) is 16.3 Å². The third kappa shape index (κ3) is 6.04. The molecular weight excluding hydrogens is 574 g/mol. The van der Waals surface area contributed by atoms with E-state index in [0.717, 1.165) is 18.4 Å². The highest BCUT2D eigenvalue weighted by Crippen LogP contribution is 2.44. The molecule has 1 aliphatic rings. The topological polar surface area (TPSA) is 92.6 Å². The predicted octanol–water partition coefficient (Wildman–Crippen LogP) is 7.51. The summed E-state index contributed by atoms with van der Waals surface area (Å²) in [6.45, 7) is 2.64. The summed E-state index contributed by atoms with van der Waals surface area (Å²) in [5.74, 6) is -0.406. The number of anilines is 1. The molecule has 2 aromatic carbocycles. The van der Waals surface area contributed by atoms with Crippen LogP contribution < -0.4 is 9.64 Å². The lowest BCUT2D eigenvalue weighted by Gasteiger charge is -2.24. The van der Waals surface area contributed by atoms with Gasteiger partial charge in [0.15, 0.2) is 10.1 Å². The van der Waals surface area contributed by atoms with Gasteiger partial charge in [-0.05, 0) is 53.3 Å². The van der Waals surface area contributed by atoms with Crippen LogP contribution in [-0.4, -0.2) is 33.6 Å². The molecule has 5 rings (SSSR count). The number of carbonyl (C=O) groups excluding carboxylic acids is 2. The lowest BCUT2D eigenvalue weighted by molar-refractivity contribution is -0.117. The third-order valence-electron chi connectivity index (χ3n) is 6.02. The summed E-state index contributed by atoms with van der Waals surface area (Å²) in [6, 6.07) is 17.4. The second-order valence-corrected chi connectivity index (χ2v) is 12.2. The van der Waals surface area contributed by atoms with Crippen molar-refractivity contribution < 1.29 is 19.4 Å². The molecule has 11 heteroatoms. The number of ketones is 1. The highest BCUT2D eigenvalue weighted by Gasteiger charge is 2.46. The zero-order chi connectivity index (χ0) is 27.4.